The number of ketones is 1. The van der Waals surface area contributed by atoms with Gasteiger partial charge in [-0.15, -0.1) is 0 Å². The fourth-order valence-corrected chi connectivity index (χ4v) is 5.09. The van der Waals surface area contributed by atoms with Crippen LogP contribution in [0.3, 0.4) is 0 Å². The maximum absolute atomic E-state index is 12.2. The van der Waals surface area contributed by atoms with E-state index in [2.05, 4.69) is 18.8 Å². The van der Waals surface area contributed by atoms with E-state index in [9.17, 15) is 15.0 Å². The number of aliphatic hydroxyl groups is 2. The lowest BCUT2D eigenvalue weighted by Crippen LogP contribution is -2.56. The van der Waals surface area contributed by atoms with Crippen molar-refractivity contribution in [2.75, 3.05) is 0 Å². The van der Waals surface area contributed by atoms with E-state index < -0.39 is 12.2 Å². The van der Waals surface area contributed by atoms with E-state index in [1.165, 1.54) is 25.7 Å². The third-order valence-corrected chi connectivity index (χ3v) is 6.31. The van der Waals surface area contributed by atoms with Gasteiger partial charge in [-0.3, -0.25) is 4.79 Å². The van der Waals surface area contributed by atoms with Crippen molar-refractivity contribution in [3.63, 3.8) is 0 Å². The molecule has 0 aliphatic heterocycles. The first-order valence-corrected chi connectivity index (χ1v) is 9.52. The lowest BCUT2D eigenvalue weighted by atomic mass is 9.52. The fourth-order valence-electron chi connectivity index (χ4n) is 5.09. The minimum atomic E-state index is -0.578. The van der Waals surface area contributed by atoms with E-state index in [1.54, 1.807) is 0 Å². The van der Waals surface area contributed by atoms with Crippen LogP contribution in [0.25, 0.3) is 0 Å². The van der Waals surface area contributed by atoms with E-state index in [4.69, 9.17) is 0 Å². The van der Waals surface area contributed by atoms with Crippen LogP contribution in [-0.4, -0.2) is 28.2 Å². The van der Waals surface area contributed by atoms with Crippen molar-refractivity contribution in [3.05, 3.63) is 0 Å². The monoisotopic (exact) mass is 318 g/mol. The van der Waals surface area contributed by atoms with Crippen molar-refractivity contribution in [3.8, 4) is 11.8 Å². The Morgan fingerprint density at radius 1 is 1.22 bits per heavy atom. The molecule has 6 atom stereocenters. The third-order valence-electron chi connectivity index (χ3n) is 6.31. The van der Waals surface area contributed by atoms with Crippen molar-refractivity contribution >= 4 is 5.78 Å². The molecule has 128 valence electrons. The molecule has 0 bridgehead atoms. The van der Waals surface area contributed by atoms with Gasteiger partial charge >= 0.3 is 0 Å². The second-order valence-electron chi connectivity index (χ2n) is 7.84. The minimum absolute atomic E-state index is 0.0891. The second-order valence-corrected chi connectivity index (χ2v) is 7.84. The molecule has 3 heteroatoms. The molecule has 3 nitrogen and oxygen atoms in total. The van der Waals surface area contributed by atoms with Crippen LogP contribution < -0.4 is 0 Å². The number of Topliss-reactive ketones (excluding diaryl/α,β-unsaturated/α-hetero) is 1. The summed E-state index contributed by atoms with van der Waals surface area (Å²) in [5.74, 6) is 7.49. The highest BCUT2D eigenvalue weighted by Crippen LogP contribution is 2.51. The molecular weight excluding hydrogens is 288 g/mol. The van der Waals surface area contributed by atoms with Gasteiger partial charge in [-0.05, 0) is 37.5 Å². The van der Waals surface area contributed by atoms with Crippen LogP contribution in [-0.2, 0) is 4.79 Å². The van der Waals surface area contributed by atoms with Gasteiger partial charge in [-0.2, -0.15) is 0 Å². The van der Waals surface area contributed by atoms with Gasteiger partial charge < -0.3 is 10.2 Å². The number of aliphatic hydroxyl groups excluding tert-OH is 2. The summed E-state index contributed by atoms with van der Waals surface area (Å²) in [4.78, 5) is 12.2. The van der Waals surface area contributed by atoms with Crippen LogP contribution >= 0.6 is 0 Å². The molecule has 0 spiro atoms. The molecule has 0 aromatic rings. The standard InChI is InChI=1S/C20H30O3/c1-2-5-16-19-15(18(22)11-10-17(19)20(16)23)9-8-14(21)12-13-6-3-4-7-13/h13-19,21-22H,2-7,10-12H2,1H3/t14-,15-,16?,17-,18+,19-/m1/s1. The molecule has 0 heterocycles. The highest BCUT2D eigenvalue weighted by atomic mass is 16.3. The van der Waals surface area contributed by atoms with Crippen molar-refractivity contribution in [2.24, 2.45) is 29.6 Å². The Morgan fingerprint density at radius 2 is 1.96 bits per heavy atom. The van der Waals surface area contributed by atoms with E-state index in [-0.39, 0.29) is 23.7 Å². The Labute approximate surface area is 139 Å². The summed E-state index contributed by atoms with van der Waals surface area (Å²) < 4.78 is 0. The van der Waals surface area contributed by atoms with E-state index in [0.29, 0.717) is 18.1 Å². The number of hydrogen-bond acceptors (Lipinski definition) is 3. The molecule has 3 rings (SSSR count). The highest BCUT2D eigenvalue weighted by molar-refractivity contribution is 5.90. The summed E-state index contributed by atoms with van der Waals surface area (Å²) in [6.45, 7) is 2.10. The van der Waals surface area contributed by atoms with Crippen LogP contribution in [0.4, 0.5) is 0 Å². The number of carbonyl (C=O) groups is 1. The van der Waals surface area contributed by atoms with E-state index >= 15 is 0 Å². The minimum Gasteiger partial charge on any atom is -0.392 e. The van der Waals surface area contributed by atoms with Crippen LogP contribution in [0.2, 0.25) is 0 Å². The smallest absolute Gasteiger partial charge is 0.139 e. The Bertz CT molecular complexity index is 483. The molecule has 0 aromatic heterocycles. The normalized spacial score (nSPS) is 38.4. The first-order valence-electron chi connectivity index (χ1n) is 9.52. The van der Waals surface area contributed by atoms with Crippen molar-refractivity contribution in [2.45, 2.75) is 76.9 Å². The van der Waals surface area contributed by atoms with Gasteiger partial charge in [0.25, 0.3) is 0 Å². The first kappa shape index (κ1) is 17.0. The van der Waals surface area contributed by atoms with Gasteiger partial charge in [0.05, 0.1) is 12.0 Å². The number of hydrogen-bond donors (Lipinski definition) is 2. The predicted octanol–water partition coefficient (Wildman–Crippen LogP) is 2.93. The van der Waals surface area contributed by atoms with Crippen molar-refractivity contribution < 1.29 is 15.0 Å². The summed E-state index contributed by atoms with van der Waals surface area (Å²) in [6.07, 6.45) is 8.12. The lowest BCUT2D eigenvalue weighted by molar-refractivity contribution is -0.154. The molecule has 0 aromatic carbocycles. The maximum atomic E-state index is 12.2. The Hall–Kier alpha value is -0.850. The molecule has 3 aliphatic carbocycles. The lowest BCUT2D eigenvalue weighted by Gasteiger charge is -2.50. The van der Waals surface area contributed by atoms with Crippen LogP contribution in [0.5, 0.6) is 0 Å². The summed E-state index contributed by atoms with van der Waals surface area (Å²) >= 11 is 0. The zero-order valence-corrected chi connectivity index (χ0v) is 14.2. The Morgan fingerprint density at radius 3 is 2.65 bits per heavy atom. The molecule has 23 heavy (non-hydrogen) atoms. The molecule has 1 unspecified atom stereocenters. The second kappa shape index (κ2) is 7.36. The maximum Gasteiger partial charge on any atom is 0.139 e. The molecule has 0 radical (unpaired) electrons. The van der Waals surface area contributed by atoms with Gasteiger partial charge in [0, 0.05) is 11.8 Å². The number of rotatable bonds is 4. The quantitative estimate of drug-likeness (QED) is 0.784. The van der Waals surface area contributed by atoms with Crippen molar-refractivity contribution in [1.82, 2.24) is 0 Å². The van der Waals surface area contributed by atoms with E-state index in [0.717, 1.165) is 25.7 Å². The Kier molecular flexibility index (Phi) is 5.44. The van der Waals surface area contributed by atoms with Gasteiger partial charge in [0.15, 0.2) is 0 Å². The van der Waals surface area contributed by atoms with E-state index in [1.807, 2.05) is 0 Å². The molecule has 0 amide bonds. The van der Waals surface area contributed by atoms with Crippen LogP contribution in [0, 0.1) is 41.4 Å². The zero-order valence-electron chi connectivity index (χ0n) is 14.2. The van der Waals surface area contributed by atoms with Gasteiger partial charge in [-0.25, -0.2) is 0 Å². The van der Waals surface area contributed by atoms with Gasteiger partial charge in [0.2, 0.25) is 0 Å². The summed E-state index contributed by atoms with van der Waals surface area (Å²) in [5.41, 5.74) is 0. The highest BCUT2D eigenvalue weighted by Gasteiger charge is 2.55. The average Bonchev–Trinajstić information content (AvgIpc) is 3.04. The molecule has 3 fully saturated rings. The van der Waals surface area contributed by atoms with Crippen LogP contribution in [0.15, 0.2) is 0 Å². The molecule has 0 saturated heterocycles. The van der Waals surface area contributed by atoms with Crippen molar-refractivity contribution in [1.29, 1.82) is 0 Å². The summed E-state index contributed by atoms with van der Waals surface area (Å²) in [6, 6.07) is 0. The summed E-state index contributed by atoms with van der Waals surface area (Å²) in [7, 11) is 0. The number of fused-ring (bicyclic) bond motifs is 1. The van der Waals surface area contributed by atoms with Gasteiger partial charge in [-0.1, -0.05) is 50.9 Å². The largest absolute Gasteiger partial charge is 0.392 e. The topological polar surface area (TPSA) is 57.5 Å². The molecular formula is C20H30O3. The first-order chi connectivity index (χ1) is 11.1. The fraction of sp³-hybridized carbons (Fsp3) is 0.850. The molecule has 3 saturated carbocycles. The third kappa shape index (κ3) is 3.49. The Balaban J connectivity index is 1.64. The van der Waals surface area contributed by atoms with Gasteiger partial charge in [0.1, 0.15) is 11.9 Å². The number of carbonyl (C=O) groups excluding carboxylic acids is 1. The molecule has 2 N–H and O–H groups in total. The van der Waals surface area contributed by atoms with Crippen LogP contribution in [0.1, 0.15) is 64.7 Å². The summed E-state index contributed by atoms with van der Waals surface area (Å²) in [5, 5.41) is 20.6. The predicted molar refractivity (Wildman–Crippen MR) is 89.5 cm³/mol. The average molecular weight is 318 g/mol. The molecule has 3 aliphatic rings. The zero-order chi connectivity index (χ0) is 16.4. The SMILES string of the molecule is CCCC1C(=O)[C@@H]2CC[C@H](O)[C@@H](C#C[C@@H](O)CC3CCCC3)[C@H]12.